The van der Waals surface area contributed by atoms with E-state index in [9.17, 15) is 9.59 Å². The molecule has 4 nitrogen and oxygen atoms in total. The molecule has 42 heavy (non-hydrogen) atoms. The van der Waals surface area contributed by atoms with Crippen LogP contribution >= 0.6 is 0 Å². The number of nitrogens with one attached hydrogen (secondary N) is 2. The number of carbonyl (C=O) groups is 2. The molecule has 7 rings (SSSR count). The lowest BCUT2D eigenvalue weighted by Crippen LogP contribution is -2.23. The average Bonchev–Trinajstić information content (AvgIpc) is 3.05. The van der Waals surface area contributed by atoms with Crippen LogP contribution in [0, 0.1) is 0 Å². The minimum atomic E-state index is -0.127. The molecule has 0 atom stereocenters. The van der Waals surface area contributed by atoms with Crippen LogP contribution in [0.25, 0.3) is 0 Å². The fraction of sp³-hybridized carbons (Fsp3) is 0.316. The zero-order valence-corrected chi connectivity index (χ0v) is 24.1. The Balaban J connectivity index is 1.14. The molecule has 2 saturated carbocycles. The highest BCUT2D eigenvalue weighted by Crippen LogP contribution is 2.39. The summed E-state index contributed by atoms with van der Waals surface area (Å²) in [5.41, 5.74) is 7.72. The number of ketones is 2. The minimum absolute atomic E-state index is 0.127. The summed E-state index contributed by atoms with van der Waals surface area (Å²) in [6, 6.07) is 28.2. The van der Waals surface area contributed by atoms with E-state index >= 15 is 0 Å². The summed E-state index contributed by atoms with van der Waals surface area (Å²) in [6.07, 6.45) is 13.0. The summed E-state index contributed by atoms with van der Waals surface area (Å²) in [6.45, 7) is 0. The smallest absolute Gasteiger partial charge is 0.196 e. The monoisotopic (exact) mass is 554 g/mol. The second-order valence-corrected chi connectivity index (χ2v) is 12.3. The second-order valence-electron chi connectivity index (χ2n) is 12.3. The third-order valence-corrected chi connectivity index (χ3v) is 9.60. The molecule has 2 N–H and O–H groups in total. The molecule has 0 heterocycles. The van der Waals surface area contributed by atoms with E-state index in [0.29, 0.717) is 45.5 Å². The first-order chi connectivity index (χ1) is 20.7. The van der Waals surface area contributed by atoms with Gasteiger partial charge in [0.15, 0.2) is 11.6 Å². The molecular weight excluding hydrogens is 516 g/mol. The quantitative estimate of drug-likeness (QED) is 0.219. The molecule has 2 fully saturated rings. The Morgan fingerprint density at radius 1 is 0.452 bits per heavy atom. The average molecular weight is 555 g/mol. The Bertz CT molecular complexity index is 1490. The van der Waals surface area contributed by atoms with Crippen molar-refractivity contribution in [3.8, 4) is 0 Å². The van der Waals surface area contributed by atoms with Gasteiger partial charge in [-0.2, -0.15) is 0 Å². The van der Waals surface area contributed by atoms with Gasteiger partial charge in [0.25, 0.3) is 0 Å². The van der Waals surface area contributed by atoms with E-state index in [1.54, 1.807) is 12.1 Å². The summed E-state index contributed by atoms with van der Waals surface area (Å²) in [5, 5.41) is 6.88. The Labute approximate surface area is 248 Å². The lowest BCUT2D eigenvalue weighted by molar-refractivity contribution is 0.0980. The lowest BCUT2D eigenvalue weighted by atomic mass is 9.82. The van der Waals surface area contributed by atoms with Crippen LogP contribution in [0.15, 0.2) is 84.9 Å². The van der Waals surface area contributed by atoms with E-state index in [2.05, 4.69) is 59.2 Å². The molecule has 0 spiro atoms. The van der Waals surface area contributed by atoms with Crippen molar-refractivity contribution in [3.63, 3.8) is 0 Å². The molecule has 0 amide bonds. The van der Waals surface area contributed by atoms with Crippen LogP contribution in [-0.2, 0) is 0 Å². The van der Waals surface area contributed by atoms with Crippen LogP contribution in [-0.4, -0.2) is 11.6 Å². The third-order valence-electron chi connectivity index (χ3n) is 9.60. The van der Waals surface area contributed by atoms with Crippen LogP contribution in [0.4, 0.5) is 22.7 Å². The molecule has 4 aromatic rings. The molecule has 0 aromatic heterocycles. The van der Waals surface area contributed by atoms with Crippen molar-refractivity contribution in [1.82, 2.24) is 0 Å². The highest BCUT2D eigenvalue weighted by Gasteiger charge is 2.33. The van der Waals surface area contributed by atoms with Gasteiger partial charge in [-0.1, -0.05) is 87.1 Å². The van der Waals surface area contributed by atoms with Crippen LogP contribution in [0.1, 0.15) is 119 Å². The molecule has 3 aliphatic rings. The summed E-state index contributed by atoms with van der Waals surface area (Å²) in [5.74, 6) is 1.03. The standard InChI is InChI=1S/C38H38N2O2/c41-37-32-14-8-16-34(40-30-23-19-28(20-24-30)26-11-5-2-6-12-26)36(32)38(42)31-13-7-15-33(35(31)37)39-29-21-17-27(18-22-29)25-9-3-1-4-10-25/h7-8,13-26,39-40H,1-6,9-12H2. The number of fused-ring (bicyclic) bond motifs is 2. The minimum Gasteiger partial charge on any atom is -0.355 e. The van der Waals surface area contributed by atoms with Crippen molar-refractivity contribution in [3.05, 3.63) is 118 Å². The van der Waals surface area contributed by atoms with E-state index in [1.165, 1.54) is 75.3 Å². The topological polar surface area (TPSA) is 58.2 Å². The van der Waals surface area contributed by atoms with E-state index in [4.69, 9.17) is 0 Å². The van der Waals surface area contributed by atoms with Crippen LogP contribution in [0.2, 0.25) is 0 Å². The van der Waals surface area contributed by atoms with Gasteiger partial charge < -0.3 is 10.6 Å². The second kappa shape index (κ2) is 11.6. The Morgan fingerprint density at radius 2 is 0.833 bits per heavy atom. The molecule has 4 aromatic carbocycles. The number of hydrogen-bond donors (Lipinski definition) is 2. The molecule has 0 aliphatic heterocycles. The molecule has 212 valence electrons. The number of benzene rings is 4. The summed E-state index contributed by atoms with van der Waals surface area (Å²) < 4.78 is 0. The summed E-state index contributed by atoms with van der Waals surface area (Å²) in [7, 11) is 0. The molecule has 0 radical (unpaired) electrons. The van der Waals surface area contributed by atoms with E-state index in [-0.39, 0.29) is 11.6 Å². The van der Waals surface area contributed by atoms with Crippen molar-refractivity contribution in [1.29, 1.82) is 0 Å². The van der Waals surface area contributed by atoms with Gasteiger partial charge in [-0.15, -0.1) is 0 Å². The SMILES string of the molecule is O=C1c2cccc(Nc3ccc(C4CCCCC4)cc3)c2C(=O)c2cccc(Nc3ccc(C4CCCCC4)cc3)c21. The molecule has 4 heteroatoms. The third kappa shape index (κ3) is 5.15. The highest BCUT2D eigenvalue weighted by molar-refractivity contribution is 6.32. The molecular formula is C38H38N2O2. The highest BCUT2D eigenvalue weighted by atomic mass is 16.1. The molecule has 0 bridgehead atoms. The van der Waals surface area contributed by atoms with Crippen molar-refractivity contribution in [2.75, 3.05) is 10.6 Å². The largest absolute Gasteiger partial charge is 0.355 e. The van der Waals surface area contributed by atoms with Crippen molar-refractivity contribution >= 4 is 34.3 Å². The van der Waals surface area contributed by atoms with E-state index in [1.807, 2.05) is 24.3 Å². The maximum atomic E-state index is 13.9. The number of carbonyl (C=O) groups excluding carboxylic acids is 2. The zero-order valence-electron chi connectivity index (χ0n) is 24.1. The van der Waals surface area contributed by atoms with Gasteiger partial charge >= 0.3 is 0 Å². The maximum Gasteiger partial charge on any atom is 0.196 e. The van der Waals surface area contributed by atoms with Gasteiger partial charge in [-0.05, 0) is 85.0 Å². The van der Waals surface area contributed by atoms with Crippen molar-refractivity contribution < 1.29 is 9.59 Å². The Kier molecular flexibility index (Phi) is 7.37. The fourth-order valence-electron chi connectivity index (χ4n) is 7.31. The predicted octanol–water partition coefficient (Wildman–Crippen LogP) is 10.0. The first kappa shape index (κ1) is 26.7. The van der Waals surface area contributed by atoms with Gasteiger partial charge in [-0.25, -0.2) is 0 Å². The van der Waals surface area contributed by atoms with Crippen molar-refractivity contribution in [2.45, 2.75) is 76.0 Å². The van der Waals surface area contributed by atoms with Gasteiger partial charge in [0.1, 0.15) is 0 Å². The Hall–Kier alpha value is -4.18. The van der Waals surface area contributed by atoms with Gasteiger partial charge in [0, 0.05) is 22.5 Å². The van der Waals surface area contributed by atoms with E-state index in [0.717, 1.165) is 11.4 Å². The molecule has 3 aliphatic carbocycles. The first-order valence-corrected chi connectivity index (χ1v) is 15.7. The lowest BCUT2D eigenvalue weighted by Gasteiger charge is -2.24. The summed E-state index contributed by atoms with van der Waals surface area (Å²) in [4.78, 5) is 27.9. The Morgan fingerprint density at radius 3 is 1.21 bits per heavy atom. The predicted molar refractivity (Wildman–Crippen MR) is 171 cm³/mol. The number of rotatable bonds is 6. The van der Waals surface area contributed by atoms with Gasteiger partial charge in [0.2, 0.25) is 0 Å². The van der Waals surface area contributed by atoms with Gasteiger partial charge in [0.05, 0.1) is 22.5 Å². The normalized spacial score (nSPS) is 17.4. The van der Waals surface area contributed by atoms with Crippen LogP contribution < -0.4 is 10.6 Å². The van der Waals surface area contributed by atoms with Crippen LogP contribution in [0.5, 0.6) is 0 Å². The molecule has 0 saturated heterocycles. The zero-order chi connectivity index (χ0) is 28.5. The first-order valence-electron chi connectivity index (χ1n) is 15.7. The molecule has 0 unspecified atom stereocenters. The summed E-state index contributed by atoms with van der Waals surface area (Å²) >= 11 is 0. The number of anilines is 4. The maximum absolute atomic E-state index is 13.9. The fourth-order valence-corrected chi connectivity index (χ4v) is 7.31. The number of hydrogen-bond acceptors (Lipinski definition) is 4. The van der Waals surface area contributed by atoms with Gasteiger partial charge in [-0.3, -0.25) is 9.59 Å². The van der Waals surface area contributed by atoms with E-state index < -0.39 is 0 Å². The van der Waals surface area contributed by atoms with Crippen molar-refractivity contribution in [2.24, 2.45) is 0 Å². The van der Waals surface area contributed by atoms with Crippen LogP contribution in [0.3, 0.4) is 0 Å².